The molecule has 3 aromatic carbocycles. The predicted octanol–water partition coefficient (Wildman–Crippen LogP) is 4.03. The molecule has 0 aliphatic carbocycles. The summed E-state index contributed by atoms with van der Waals surface area (Å²) in [4.78, 5) is 26.9. The fourth-order valence-corrected chi connectivity index (χ4v) is 3.93. The quantitative estimate of drug-likeness (QED) is 0.355. The number of ketones is 1. The van der Waals surface area contributed by atoms with E-state index in [1.54, 1.807) is 6.07 Å². The monoisotopic (exact) mass is 451 g/mol. The van der Waals surface area contributed by atoms with Crippen LogP contribution in [-0.4, -0.2) is 28.7 Å². The van der Waals surface area contributed by atoms with E-state index in [9.17, 15) is 28.6 Å². The third-order valence-electron chi connectivity index (χ3n) is 5.47. The first-order valence-electron chi connectivity index (χ1n) is 9.80. The number of carbonyl (C=O) groups is 2. The van der Waals surface area contributed by atoms with Gasteiger partial charge in [0, 0.05) is 11.6 Å². The summed E-state index contributed by atoms with van der Waals surface area (Å²) in [5.41, 5.74) is -0.131. The first kappa shape index (κ1) is 20.5. The van der Waals surface area contributed by atoms with Gasteiger partial charge in [-0.15, -0.1) is 0 Å². The van der Waals surface area contributed by atoms with Gasteiger partial charge in [-0.2, -0.15) is 0 Å². The summed E-state index contributed by atoms with van der Waals surface area (Å²) in [5, 5.41) is 20.8. The van der Waals surface area contributed by atoms with Gasteiger partial charge in [0.25, 0.3) is 11.7 Å². The van der Waals surface area contributed by atoms with E-state index >= 15 is 0 Å². The lowest BCUT2D eigenvalue weighted by atomic mass is 9.95. The van der Waals surface area contributed by atoms with Gasteiger partial charge in [-0.25, -0.2) is 8.78 Å². The number of phenolic OH excluding ortho intramolecular Hbond substituents is 1. The fraction of sp³-hybridized carbons (Fsp3) is 0.0833. The highest BCUT2D eigenvalue weighted by Crippen LogP contribution is 2.44. The number of hydrogen-bond acceptors (Lipinski definition) is 6. The van der Waals surface area contributed by atoms with Crippen molar-refractivity contribution in [3.8, 4) is 17.2 Å². The second-order valence-corrected chi connectivity index (χ2v) is 7.42. The molecule has 1 unspecified atom stereocenters. The van der Waals surface area contributed by atoms with Crippen LogP contribution in [0.1, 0.15) is 17.2 Å². The smallest absolute Gasteiger partial charge is 0.300 e. The molecule has 0 radical (unpaired) electrons. The van der Waals surface area contributed by atoms with Crippen LogP contribution in [0.25, 0.3) is 5.76 Å². The number of rotatable bonds is 3. The highest BCUT2D eigenvalue weighted by atomic mass is 19.1. The van der Waals surface area contributed by atoms with Crippen LogP contribution < -0.4 is 14.4 Å². The molecule has 9 heteroatoms. The Hall–Kier alpha value is -4.40. The lowest BCUT2D eigenvalue weighted by Gasteiger charge is -2.25. The van der Waals surface area contributed by atoms with Gasteiger partial charge in [-0.3, -0.25) is 14.5 Å². The van der Waals surface area contributed by atoms with Crippen molar-refractivity contribution in [3.63, 3.8) is 0 Å². The SMILES string of the molecule is O=C1C(=O)N(c2ccc(F)cc2F)C(c2ccc(O)cc2)/C1=C(/O)c1ccc2c(c1)OCO2. The van der Waals surface area contributed by atoms with Crippen LogP contribution >= 0.6 is 0 Å². The zero-order valence-corrected chi connectivity index (χ0v) is 16.8. The van der Waals surface area contributed by atoms with Gasteiger partial charge in [0.1, 0.15) is 23.1 Å². The minimum atomic E-state index is -1.24. The summed E-state index contributed by atoms with van der Waals surface area (Å²) >= 11 is 0. The standard InChI is InChI=1S/C24H15F2NO6/c25-14-4-7-17(16(26)10-14)27-21(12-1-5-15(28)6-2-12)20(23(30)24(27)31)22(29)13-3-8-18-19(9-13)33-11-32-18/h1-10,21,28-29H,11H2/b22-20-. The molecule has 7 nitrogen and oxygen atoms in total. The second-order valence-electron chi connectivity index (χ2n) is 7.42. The van der Waals surface area contributed by atoms with Crippen LogP contribution in [0.2, 0.25) is 0 Å². The first-order chi connectivity index (χ1) is 15.8. The minimum Gasteiger partial charge on any atom is -0.508 e. The predicted molar refractivity (Wildman–Crippen MR) is 112 cm³/mol. The second kappa shape index (κ2) is 7.63. The number of aliphatic hydroxyl groups is 1. The zero-order chi connectivity index (χ0) is 23.3. The Bertz CT molecular complexity index is 1340. The molecular weight excluding hydrogens is 436 g/mol. The van der Waals surface area contributed by atoms with Crippen molar-refractivity contribution >= 4 is 23.1 Å². The van der Waals surface area contributed by atoms with E-state index < -0.39 is 35.1 Å². The Labute approximate surface area is 185 Å². The number of carbonyl (C=O) groups excluding carboxylic acids is 2. The number of Topliss-reactive ketones (excluding diaryl/α,β-unsaturated/α-hetero) is 1. The van der Waals surface area contributed by atoms with Crippen LogP contribution in [0, 0.1) is 11.6 Å². The van der Waals surface area contributed by atoms with E-state index in [0.717, 1.165) is 17.0 Å². The summed E-state index contributed by atoms with van der Waals surface area (Å²) in [6, 6.07) is 11.4. The normalized spacial score (nSPS) is 18.7. The number of ether oxygens (including phenoxy) is 2. The van der Waals surface area contributed by atoms with E-state index in [-0.39, 0.29) is 29.4 Å². The molecule has 2 heterocycles. The number of benzene rings is 3. The lowest BCUT2D eigenvalue weighted by molar-refractivity contribution is -0.132. The molecule has 2 aliphatic rings. The van der Waals surface area contributed by atoms with Crippen LogP contribution in [0.15, 0.2) is 66.2 Å². The number of aromatic hydroxyl groups is 1. The van der Waals surface area contributed by atoms with Crippen molar-refractivity contribution in [2.45, 2.75) is 6.04 Å². The summed E-state index contributed by atoms with van der Waals surface area (Å²) < 4.78 is 38.7. The third-order valence-corrected chi connectivity index (χ3v) is 5.47. The molecule has 5 rings (SSSR count). The number of fused-ring (bicyclic) bond motifs is 1. The molecule has 0 aromatic heterocycles. The van der Waals surface area contributed by atoms with Crippen molar-refractivity contribution in [1.29, 1.82) is 0 Å². The third kappa shape index (κ3) is 3.34. The van der Waals surface area contributed by atoms with Gasteiger partial charge in [0.15, 0.2) is 11.5 Å². The van der Waals surface area contributed by atoms with Crippen molar-refractivity contribution in [2.24, 2.45) is 0 Å². The average molecular weight is 451 g/mol. The maximum Gasteiger partial charge on any atom is 0.300 e. The van der Waals surface area contributed by atoms with Gasteiger partial charge in [-0.05, 0) is 48.0 Å². The van der Waals surface area contributed by atoms with E-state index in [2.05, 4.69) is 0 Å². The van der Waals surface area contributed by atoms with Gasteiger partial charge < -0.3 is 19.7 Å². The highest BCUT2D eigenvalue weighted by Gasteiger charge is 2.47. The van der Waals surface area contributed by atoms with Crippen molar-refractivity contribution in [3.05, 3.63) is 89.0 Å². The van der Waals surface area contributed by atoms with Crippen LogP contribution in [-0.2, 0) is 9.59 Å². The number of phenols is 1. The van der Waals surface area contributed by atoms with E-state index in [0.29, 0.717) is 23.1 Å². The highest BCUT2D eigenvalue weighted by molar-refractivity contribution is 6.51. The van der Waals surface area contributed by atoms with Gasteiger partial charge >= 0.3 is 0 Å². The first-order valence-corrected chi connectivity index (χ1v) is 9.80. The molecule has 0 bridgehead atoms. The Morgan fingerprint density at radius 1 is 0.939 bits per heavy atom. The van der Waals surface area contributed by atoms with E-state index in [4.69, 9.17) is 9.47 Å². The van der Waals surface area contributed by atoms with Gasteiger partial charge in [-0.1, -0.05) is 12.1 Å². The van der Waals surface area contributed by atoms with Crippen molar-refractivity contribution < 1.29 is 38.1 Å². The molecule has 1 amide bonds. The average Bonchev–Trinajstić information content (AvgIpc) is 3.36. The Balaban J connectivity index is 1.72. The molecule has 33 heavy (non-hydrogen) atoms. The molecule has 1 fully saturated rings. The fourth-order valence-electron chi connectivity index (χ4n) is 3.93. The maximum absolute atomic E-state index is 14.7. The van der Waals surface area contributed by atoms with Crippen LogP contribution in [0.4, 0.5) is 14.5 Å². The number of nitrogens with zero attached hydrogens (tertiary/aromatic N) is 1. The number of amides is 1. The maximum atomic E-state index is 14.7. The van der Waals surface area contributed by atoms with Crippen LogP contribution in [0.5, 0.6) is 17.2 Å². The van der Waals surface area contributed by atoms with Gasteiger partial charge in [0.2, 0.25) is 6.79 Å². The number of halogens is 2. The topological polar surface area (TPSA) is 96.3 Å². The molecule has 166 valence electrons. The Morgan fingerprint density at radius 2 is 1.67 bits per heavy atom. The molecule has 0 saturated carbocycles. The Kier molecular flexibility index (Phi) is 4.74. The molecule has 0 spiro atoms. The van der Waals surface area contributed by atoms with E-state index in [1.807, 2.05) is 0 Å². The summed E-state index contributed by atoms with van der Waals surface area (Å²) in [6.07, 6.45) is 0. The van der Waals surface area contributed by atoms with Crippen LogP contribution in [0.3, 0.4) is 0 Å². The molecule has 3 aromatic rings. The Morgan fingerprint density at radius 3 is 2.39 bits per heavy atom. The summed E-state index contributed by atoms with van der Waals surface area (Å²) in [6.45, 7) is 0.00128. The summed E-state index contributed by atoms with van der Waals surface area (Å²) in [5.74, 6) is -3.82. The largest absolute Gasteiger partial charge is 0.508 e. The molecule has 1 atom stereocenters. The number of anilines is 1. The summed E-state index contributed by atoms with van der Waals surface area (Å²) in [7, 11) is 0. The molecule has 1 saturated heterocycles. The van der Waals surface area contributed by atoms with Crippen molar-refractivity contribution in [1.82, 2.24) is 0 Å². The van der Waals surface area contributed by atoms with E-state index in [1.165, 1.54) is 36.4 Å². The number of hydrogen-bond donors (Lipinski definition) is 2. The number of aliphatic hydroxyl groups excluding tert-OH is 1. The zero-order valence-electron chi connectivity index (χ0n) is 16.8. The lowest BCUT2D eigenvalue weighted by Crippen LogP contribution is -2.30. The molecule has 2 N–H and O–H groups in total. The van der Waals surface area contributed by atoms with Gasteiger partial charge in [0.05, 0.1) is 17.3 Å². The minimum absolute atomic E-state index is 0.00128. The van der Waals surface area contributed by atoms with Crippen molar-refractivity contribution in [2.75, 3.05) is 11.7 Å². The molecule has 2 aliphatic heterocycles. The molecular formula is C24H15F2NO6.